The minimum atomic E-state index is 0.0361. The van der Waals surface area contributed by atoms with Crippen molar-refractivity contribution < 1.29 is 4.79 Å². The first kappa shape index (κ1) is 14.7. The van der Waals surface area contributed by atoms with Crippen LogP contribution < -0.4 is 10.6 Å². The van der Waals surface area contributed by atoms with Crippen LogP contribution in [0.1, 0.15) is 43.5 Å². The average molecular weight is 275 g/mol. The number of rotatable bonds is 3. The van der Waals surface area contributed by atoms with E-state index in [1.165, 1.54) is 12.8 Å². The minimum absolute atomic E-state index is 0.0361. The number of anilines is 2. The van der Waals surface area contributed by atoms with Gasteiger partial charge in [-0.1, -0.05) is 6.92 Å². The van der Waals surface area contributed by atoms with E-state index in [1.54, 1.807) is 19.0 Å². The summed E-state index contributed by atoms with van der Waals surface area (Å²) < 4.78 is 0. The highest BCUT2D eigenvalue weighted by Crippen LogP contribution is 2.35. The van der Waals surface area contributed by atoms with Crippen LogP contribution in [0.5, 0.6) is 0 Å². The number of benzene rings is 1. The molecule has 0 spiro atoms. The first-order chi connectivity index (χ1) is 9.45. The molecule has 110 valence electrons. The van der Waals surface area contributed by atoms with Crippen LogP contribution in [0.25, 0.3) is 0 Å². The zero-order chi connectivity index (χ0) is 14.9. The third-order valence-corrected chi connectivity index (χ3v) is 4.19. The number of nitrogens with zero attached hydrogens (tertiary/aromatic N) is 2. The molecule has 1 saturated heterocycles. The quantitative estimate of drug-likeness (QED) is 0.863. The summed E-state index contributed by atoms with van der Waals surface area (Å²) in [6.45, 7) is 4.43. The van der Waals surface area contributed by atoms with Crippen molar-refractivity contribution in [3.05, 3.63) is 23.8 Å². The van der Waals surface area contributed by atoms with Gasteiger partial charge in [-0.25, -0.2) is 0 Å². The van der Waals surface area contributed by atoms with Gasteiger partial charge in [0.1, 0.15) is 0 Å². The van der Waals surface area contributed by atoms with Crippen molar-refractivity contribution in [1.29, 1.82) is 0 Å². The number of amides is 1. The zero-order valence-corrected chi connectivity index (χ0v) is 12.9. The summed E-state index contributed by atoms with van der Waals surface area (Å²) in [7, 11) is 3.57. The largest absolute Gasteiger partial charge is 0.399 e. The predicted octanol–water partition coefficient (Wildman–Crippen LogP) is 2.74. The van der Waals surface area contributed by atoms with Crippen LogP contribution in [0.2, 0.25) is 0 Å². The molecule has 1 aromatic carbocycles. The lowest BCUT2D eigenvalue weighted by Gasteiger charge is -2.32. The zero-order valence-electron chi connectivity index (χ0n) is 12.9. The van der Waals surface area contributed by atoms with Crippen molar-refractivity contribution in [3.8, 4) is 0 Å². The highest BCUT2D eigenvalue weighted by Gasteiger charge is 2.32. The normalized spacial score (nSPS) is 22.1. The summed E-state index contributed by atoms with van der Waals surface area (Å²) >= 11 is 0. The first-order valence-electron chi connectivity index (χ1n) is 7.35. The van der Waals surface area contributed by atoms with Crippen LogP contribution in [0, 0.1) is 0 Å². The molecule has 0 aliphatic carbocycles. The molecule has 2 atom stereocenters. The molecule has 1 aliphatic heterocycles. The molecular weight excluding hydrogens is 250 g/mol. The monoisotopic (exact) mass is 275 g/mol. The maximum absolute atomic E-state index is 12.4. The minimum Gasteiger partial charge on any atom is -0.399 e. The number of carbonyl (C=O) groups is 1. The molecule has 0 bridgehead atoms. The van der Waals surface area contributed by atoms with Gasteiger partial charge in [0.25, 0.3) is 5.91 Å². The number of hydrogen-bond acceptors (Lipinski definition) is 3. The molecule has 2 unspecified atom stereocenters. The van der Waals surface area contributed by atoms with Gasteiger partial charge < -0.3 is 15.5 Å². The summed E-state index contributed by atoms with van der Waals surface area (Å²) in [5.41, 5.74) is 8.40. The third-order valence-electron chi connectivity index (χ3n) is 4.19. The molecular formula is C16H25N3O. The van der Waals surface area contributed by atoms with Crippen LogP contribution in [-0.2, 0) is 0 Å². The molecule has 20 heavy (non-hydrogen) atoms. The standard InChI is InChI=1S/C16H25N3O/c1-5-13-8-6-11(2)19(13)15-10-12(17)7-9-14(15)16(20)18(3)4/h7,9-11,13H,5-6,8,17H2,1-4H3. The fraction of sp³-hybridized carbons (Fsp3) is 0.562. The molecule has 4 nitrogen and oxygen atoms in total. The maximum atomic E-state index is 12.4. The Kier molecular flexibility index (Phi) is 4.21. The maximum Gasteiger partial charge on any atom is 0.255 e. The molecule has 1 aliphatic rings. The van der Waals surface area contributed by atoms with Gasteiger partial charge in [0.15, 0.2) is 0 Å². The summed E-state index contributed by atoms with van der Waals surface area (Å²) in [5, 5.41) is 0. The fourth-order valence-electron chi connectivity index (χ4n) is 3.09. The van der Waals surface area contributed by atoms with Crippen molar-refractivity contribution >= 4 is 17.3 Å². The molecule has 4 heteroatoms. The Hall–Kier alpha value is -1.71. The molecule has 2 rings (SSSR count). The lowest BCUT2D eigenvalue weighted by molar-refractivity contribution is 0.0828. The highest BCUT2D eigenvalue weighted by atomic mass is 16.2. The lowest BCUT2D eigenvalue weighted by atomic mass is 10.1. The topological polar surface area (TPSA) is 49.6 Å². The van der Waals surface area contributed by atoms with Crippen LogP contribution >= 0.6 is 0 Å². The van der Waals surface area contributed by atoms with Crippen molar-refractivity contribution in [2.24, 2.45) is 0 Å². The fourth-order valence-corrected chi connectivity index (χ4v) is 3.09. The van der Waals surface area contributed by atoms with Crippen molar-refractivity contribution in [2.75, 3.05) is 24.7 Å². The smallest absolute Gasteiger partial charge is 0.255 e. The van der Waals surface area contributed by atoms with E-state index in [0.717, 1.165) is 17.7 Å². The van der Waals surface area contributed by atoms with Crippen molar-refractivity contribution in [1.82, 2.24) is 4.90 Å². The second-order valence-electron chi connectivity index (χ2n) is 5.87. The van der Waals surface area contributed by atoms with Gasteiger partial charge in [-0.05, 0) is 44.4 Å². The predicted molar refractivity (Wildman–Crippen MR) is 84.1 cm³/mol. The van der Waals surface area contributed by atoms with Gasteiger partial charge in [0, 0.05) is 31.9 Å². The van der Waals surface area contributed by atoms with Crippen molar-refractivity contribution in [2.45, 2.75) is 45.2 Å². The number of carbonyl (C=O) groups excluding carboxylic acids is 1. The van der Waals surface area contributed by atoms with E-state index < -0.39 is 0 Å². The Bertz CT molecular complexity index is 498. The van der Waals surface area contributed by atoms with E-state index >= 15 is 0 Å². The molecule has 1 fully saturated rings. The molecule has 0 radical (unpaired) electrons. The van der Waals surface area contributed by atoms with E-state index in [4.69, 9.17) is 5.73 Å². The number of nitrogen functional groups attached to an aromatic ring is 1. The van der Waals surface area contributed by atoms with Crippen molar-refractivity contribution in [3.63, 3.8) is 0 Å². The van der Waals surface area contributed by atoms with Gasteiger partial charge in [-0.2, -0.15) is 0 Å². The van der Waals surface area contributed by atoms with Gasteiger partial charge in [0.05, 0.1) is 11.3 Å². The Balaban J connectivity index is 2.48. The van der Waals surface area contributed by atoms with E-state index in [9.17, 15) is 4.79 Å². The summed E-state index contributed by atoms with van der Waals surface area (Å²) in [4.78, 5) is 16.4. The highest BCUT2D eigenvalue weighted by molar-refractivity contribution is 6.00. The number of hydrogen-bond donors (Lipinski definition) is 1. The van der Waals surface area contributed by atoms with Crippen LogP contribution in [0.4, 0.5) is 11.4 Å². The second kappa shape index (κ2) is 5.73. The van der Waals surface area contributed by atoms with E-state index in [2.05, 4.69) is 18.7 Å². The van der Waals surface area contributed by atoms with Crippen LogP contribution in [0.15, 0.2) is 18.2 Å². The molecule has 0 aromatic heterocycles. The van der Waals surface area contributed by atoms with Gasteiger partial charge in [-0.3, -0.25) is 4.79 Å². The average Bonchev–Trinajstić information content (AvgIpc) is 2.78. The van der Waals surface area contributed by atoms with Gasteiger partial charge in [-0.15, -0.1) is 0 Å². The molecule has 1 aromatic rings. The SMILES string of the molecule is CCC1CCC(C)N1c1cc(N)ccc1C(=O)N(C)C. The summed E-state index contributed by atoms with van der Waals surface area (Å²) in [6, 6.07) is 6.56. The first-order valence-corrected chi connectivity index (χ1v) is 7.35. The molecule has 1 heterocycles. The summed E-state index contributed by atoms with van der Waals surface area (Å²) in [6.07, 6.45) is 3.44. The lowest BCUT2D eigenvalue weighted by Crippen LogP contribution is -2.36. The second-order valence-corrected chi connectivity index (χ2v) is 5.87. The van der Waals surface area contributed by atoms with Gasteiger partial charge in [0.2, 0.25) is 0 Å². The Morgan fingerprint density at radius 2 is 2.10 bits per heavy atom. The molecule has 0 saturated carbocycles. The van der Waals surface area contributed by atoms with Crippen LogP contribution in [-0.4, -0.2) is 37.0 Å². The van der Waals surface area contributed by atoms with Gasteiger partial charge >= 0.3 is 0 Å². The van der Waals surface area contributed by atoms with E-state index in [1.807, 2.05) is 18.2 Å². The number of nitrogens with two attached hydrogens (primary N) is 1. The third kappa shape index (κ3) is 2.60. The van der Waals surface area contributed by atoms with E-state index in [0.29, 0.717) is 17.8 Å². The molecule has 2 N–H and O–H groups in total. The Morgan fingerprint density at radius 1 is 1.40 bits per heavy atom. The van der Waals surface area contributed by atoms with Crippen LogP contribution in [0.3, 0.4) is 0 Å². The Morgan fingerprint density at radius 3 is 2.70 bits per heavy atom. The Labute approximate surface area is 121 Å². The summed E-state index contributed by atoms with van der Waals surface area (Å²) in [5.74, 6) is 0.0361. The van der Waals surface area contributed by atoms with E-state index in [-0.39, 0.29) is 5.91 Å². The molecule has 1 amide bonds.